The van der Waals surface area contributed by atoms with Crippen molar-refractivity contribution in [2.75, 3.05) is 33.7 Å². The first-order valence-corrected chi connectivity index (χ1v) is 11.9. The molecule has 0 aromatic heterocycles. The number of hydrogen-bond acceptors (Lipinski definition) is 4. The number of carbonyl (C=O) groups excluding carboxylic acids is 2. The van der Waals surface area contributed by atoms with Crippen LogP contribution in [0, 0.1) is 0 Å². The molecule has 0 bridgehead atoms. The second kappa shape index (κ2) is 9.62. The number of amides is 2. The van der Waals surface area contributed by atoms with Crippen LogP contribution in [-0.2, 0) is 16.6 Å². The highest BCUT2D eigenvalue weighted by Crippen LogP contribution is 2.22. The molecule has 31 heavy (non-hydrogen) atoms. The Balaban J connectivity index is 1.77. The van der Waals surface area contributed by atoms with Crippen molar-refractivity contribution in [2.24, 2.45) is 0 Å². The van der Waals surface area contributed by atoms with Crippen LogP contribution in [0.3, 0.4) is 0 Å². The van der Waals surface area contributed by atoms with E-state index in [-0.39, 0.29) is 16.7 Å². The fourth-order valence-corrected chi connectivity index (χ4v) is 5.17. The molecule has 0 atom stereocenters. The van der Waals surface area contributed by atoms with Crippen molar-refractivity contribution < 1.29 is 18.0 Å². The van der Waals surface area contributed by atoms with Gasteiger partial charge in [0.15, 0.2) is 0 Å². The van der Waals surface area contributed by atoms with E-state index in [0.29, 0.717) is 37.3 Å². The molecule has 0 radical (unpaired) electrons. The maximum atomic E-state index is 13.1. The minimum Gasteiger partial charge on any atom is -0.345 e. The average Bonchev–Trinajstić information content (AvgIpc) is 3.33. The topological polar surface area (TPSA) is 78.0 Å². The fraction of sp³-hybridized carbons (Fsp3) is 0.391. The van der Waals surface area contributed by atoms with Gasteiger partial charge in [-0.2, -0.15) is 4.31 Å². The second-order valence-electron chi connectivity index (χ2n) is 7.85. The lowest BCUT2D eigenvalue weighted by atomic mass is 10.1. The van der Waals surface area contributed by atoms with Crippen LogP contribution in [-0.4, -0.2) is 68.1 Å². The number of hydrogen-bond donors (Lipinski definition) is 0. The molecule has 1 fully saturated rings. The zero-order valence-electron chi connectivity index (χ0n) is 18.2. The minimum absolute atomic E-state index is 0.0778. The SMILES string of the molecule is CCN(Cc1ccc(C(=O)N(C)C)cc1)C(=O)c1cccc(S(=O)(=O)N2CCCC2)c1. The van der Waals surface area contributed by atoms with Gasteiger partial charge in [-0.05, 0) is 55.7 Å². The third kappa shape index (κ3) is 5.14. The first-order valence-electron chi connectivity index (χ1n) is 10.4. The van der Waals surface area contributed by atoms with Gasteiger partial charge in [-0.3, -0.25) is 9.59 Å². The molecule has 3 rings (SSSR count). The molecule has 1 saturated heterocycles. The van der Waals surface area contributed by atoms with Crippen LogP contribution < -0.4 is 0 Å². The summed E-state index contributed by atoms with van der Waals surface area (Å²) < 4.78 is 27.2. The molecule has 166 valence electrons. The van der Waals surface area contributed by atoms with Crippen molar-refractivity contribution in [2.45, 2.75) is 31.2 Å². The standard InChI is InChI=1S/C23H29N3O4S/c1-4-25(17-18-10-12-19(13-11-18)22(27)24(2)3)23(28)20-8-7-9-21(16-20)31(29,30)26-14-5-6-15-26/h7-13,16H,4-6,14-15,17H2,1-3H3. The largest absolute Gasteiger partial charge is 0.345 e. The number of nitrogens with zero attached hydrogens (tertiary/aromatic N) is 3. The summed E-state index contributed by atoms with van der Waals surface area (Å²) in [7, 11) is -0.179. The van der Waals surface area contributed by atoms with Crippen molar-refractivity contribution in [3.8, 4) is 0 Å². The molecule has 0 unspecified atom stereocenters. The van der Waals surface area contributed by atoms with Crippen LogP contribution in [0.1, 0.15) is 46.0 Å². The normalized spacial score (nSPS) is 14.4. The predicted octanol–water partition coefficient (Wildman–Crippen LogP) is 2.84. The maximum Gasteiger partial charge on any atom is 0.254 e. The minimum atomic E-state index is -3.58. The Kier molecular flexibility index (Phi) is 7.12. The molecule has 0 spiro atoms. The maximum absolute atomic E-state index is 13.1. The summed E-state index contributed by atoms with van der Waals surface area (Å²) >= 11 is 0. The highest BCUT2D eigenvalue weighted by atomic mass is 32.2. The van der Waals surface area contributed by atoms with Crippen LogP contribution in [0.5, 0.6) is 0 Å². The van der Waals surface area contributed by atoms with Crippen molar-refractivity contribution in [3.63, 3.8) is 0 Å². The van der Waals surface area contributed by atoms with E-state index in [1.807, 2.05) is 19.1 Å². The summed E-state index contributed by atoms with van der Waals surface area (Å²) in [6.07, 6.45) is 1.72. The third-order valence-corrected chi connectivity index (χ3v) is 7.33. The first kappa shape index (κ1) is 23.0. The highest BCUT2D eigenvalue weighted by Gasteiger charge is 2.28. The van der Waals surface area contributed by atoms with Crippen LogP contribution in [0.2, 0.25) is 0 Å². The van der Waals surface area contributed by atoms with E-state index in [1.54, 1.807) is 49.3 Å². The van der Waals surface area contributed by atoms with E-state index in [0.717, 1.165) is 18.4 Å². The van der Waals surface area contributed by atoms with E-state index < -0.39 is 10.0 Å². The van der Waals surface area contributed by atoms with E-state index >= 15 is 0 Å². The monoisotopic (exact) mass is 443 g/mol. The molecule has 0 aliphatic carbocycles. The molecule has 0 N–H and O–H groups in total. The van der Waals surface area contributed by atoms with Crippen molar-refractivity contribution in [1.29, 1.82) is 0 Å². The van der Waals surface area contributed by atoms with Gasteiger partial charge in [0.25, 0.3) is 11.8 Å². The molecule has 1 aliphatic rings. The summed E-state index contributed by atoms with van der Waals surface area (Å²) in [6.45, 7) is 3.77. The lowest BCUT2D eigenvalue weighted by Crippen LogP contribution is -2.31. The van der Waals surface area contributed by atoms with Crippen molar-refractivity contribution in [3.05, 3.63) is 65.2 Å². The molecule has 2 aromatic rings. The number of carbonyl (C=O) groups is 2. The van der Waals surface area contributed by atoms with Gasteiger partial charge >= 0.3 is 0 Å². The zero-order chi connectivity index (χ0) is 22.6. The summed E-state index contributed by atoms with van der Waals surface area (Å²) in [6, 6.07) is 13.4. The molecule has 1 aliphatic heterocycles. The third-order valence-electron chi connectivity index (χ3n) is 5.43. The molecule has 0 saturated carbocycles. The van der Waals surface area contributed by atoms with Crippen LogP contribution in [0.4, 0.5) is 0 Å². The Morgan fingerprint density at radius 1 is 0.935 bits per heavy atom. The number of rotatable bonds is 7. The lowest BCUT2D eigenvalue weighted by Gasteiger charge is -2.22. The van der Waals surface area contributed by atoms with Gasteiger partial charge in [0.2, 0.25) is 10.0 Å². The lowest BCUT2D eigenvalue weighted by molar-refractivity contribution is 0.0751. The van der Waals surface area contributed by atoms with E-state index in [9.17, 15) is 18.0 Å². The van der Waals surface area contributed by atoms with Crippen LogP contribution in [0.15, 0.2) is 53.4 Å². The van der Waals surface area contributed by atoms with Gasteiger partial charge in [0.1, 0.15) is 0 Å². The molecular weight excluding hydrogens is 414 g/mol. The van der Waals surface area contributed by atoms with Gasteiger partial charge in [0.05, 0.1) is 4.90 Å². The average molecular weight is 444 g/mol. The fourth-order valence-electron chi connectivity index (χ4n) is 3.61. The smallest absolute Gasteiger partial charge is 0.254 e. The second-order valence-corrected chi connectivity index (χ2v) is 9.79. The molecule has 8 heteroatoms. The molecule has 1 heterocycles. The van der Waals surface area contributed by atoms with Gasteiger partial charge in [0, 0.05) is 51.4 Å². The Morgan fingerprint density at radius 2 is 1.58 bits per heavy atom. The predicted molar refractivity (Wildman–Crippen MR) is 119 cm³/mol. The Hall–Kier alpha value is -2.71. The molecule has 2 amide bonds. The molecular formula is C23H29N3O4S. The summed E-state index contributed by atoms with van der Waals surface area (Å²) in [5.74, 6) is -0.305. The van der Waals surface area contributed by atoms with E-state index in [4.69, 9.17) is 0 Å². The van der Waals surface area contributed by atoms with Gasteiger partial charge in [-0.15, -0.1) is 0 Å². The Labute approximate surface area is 184 Å². The number of benzene rings is 2. The quantitative estimate of drug-likeness (QED) is 0.659. The van der Waals surface area contributed by atoms with Crippen molar-refractivity contribution >= 4 is 21.8 Å². The van der Waals surface area contributed by atoms with Crippen molar-refractivity contribution in [1.82, 2.24) is 14.1 Å². The van der Waals surface area contributed by atoms with Gasteiger partial charge in [-0.1, -0.05) is 18.2 Å². The van der Waals surface area contributed by atoms with Crippen LogP contribution >= 0.6 is 0 Å². The van der Waals surface area contributed by atoms with E-state index in [1.165, 1.54) is 15.3 Å². The summed E-state index contributed by atoms with van der Waals surface area (Å²) in [4.78, 5) is 28.5. The highest BCUT2D eigenvalue weighted by molar-refractivity contribution is 7.89. The van der Waals surface area contributed by atoms with Crippen LogP contribution in [0.25, 0.3) is 0 Å². The van der Waals surface area contributed by atoms with Gasteiger partial charge in [-0.25, -0.2) is 8.42 Å². The molecule has 2 aromatic carbocycles. The first-order chi connectivity index (χ1) is 14.7. The Bertz CT molecular complexity index is 1040. The van der Waals surface area contributed by atoms with E-state index in [2.05, 4.69) is 0 Å². The summed E-state index contributed by atoms with van der Waals surface area (Å²) in [5.41, 5.74) is 1.83. The molecule has 7 nitrogen and oxygen atoms in total. The zero-order valence-corrected chi connectivity index (χ0v) is 19.1. The van der Waals surface area contributed by atoms with Gasteiger partial charge < -0.3 is 9.80 Å². The Morgan fingerprint density at radius 3 is 2.16 bits per heavy atom. The number of sulfonamides is 1. The summed E-state index contributed by atoms with van der Waals surface area (Å²) in [5, 5.41) is 0.